The normalized spacial score (nSPS) is 18.7. The highest BCUT2D eigenvalue weighted by molar-refractivity contribution is 5.80. The van der Waals surface area contributed by atoms with Crippen molar-refractivity contribution < 1.29 is 9.59 Å². The second-order valence-corrected chi connectivity index (χ2v) is 9.10. The number of piperidine rings is 1. The van der Waals surface area contributed by atoms with Gasteiger partial charge in [-0.25, -0.2) is 4.79 Å². The Morgan fingerprint density at radius 2 is 1.69 bits per heavy atom. The van der Waals surface area contributed by atoms with Gasteiger partial charge < -0.3 is 15.5 Å². The Bertz CT molecular complexity index is 903. The van der Waals surface area contributed by atoms with E-state index in [-0.39, 0.29) is 23.9 Å². The van der Waals surface area contributed by atoms with Crippen LogP contribution in [0.15, 0.2) is 48.7 Å². The summed E-state index contributed by atoms with van der Waals surface area (Å²) >= 11 is 0. The Kier molecular flexibility index (Phi) is 7.40. The smallest absolute Gasteiger partial charge is 0.317 e. The van der Waals surface area contributed by atoms with Crippen LogP contribution in [0.5, 0.6) is 0 Å². The van der Waals surface area contributed by atoms with Gasteiger partial charge >= 0.3 is 6.03 Å². The maximum atomic E-state index is 13.2. The molecule has 1 atom stereocenters. The minimum atomic E-state index is -0.280. The summed E-state index contributed by atoms with van der Waals surface area (Å²) in [5, 5.41) is 6.44. The van der Waals surface area contributed by atoms with E-state index in [2.05, 4.69) is 28.6 Å². The molecule has 2 N–H and O–H groups in total. The van der Waals surface area contributed by atoms with Crippen molar-refractivity contribution in [3.05, 3.63) is 65.5 Å². The van der Waals surface area contributed by atoms with Gasteiger partial charge in [-0.3, -0.25) is 9.78 Å². The summed E-state index contributed by atoms with van der Waals surface area (Å²) < 4.78 is 0. The number of aromatic nitrogens is 1. The highest BCUT2D eigenvalue weighted by atomic mass is 16.2. The number of nitrogens with one attached hydrogen (secondary N) is 2. The van der Waals surface area contributed by atoms with Crippen molar-refractivity contribution >= 4 is 11.9 Å². The molecule has 1 aliphatic carbocycles. The van der Waals surface area contributed by atoms with E-state index in [1.807, 2.05) is 41.3 Å². The molecular weight excluding hydrogens is 400 g/mol. The molecule has 3 amide bonds. The second-order valence-electron chi connectivity index (χ2n) is 9.10. The van der Waals surface area contributed by atoms with Crippen LogP contribution >= 0.6 is 0 Å². The fourth-order valence-corrected chi connectivity index (χ4v) is 4.89. The molecule has 32 heavy (non-hydrogen) atoms. The summed E-state index contributed by atoms with van der Waals surface area (Å²) in [5.41, 5.74) is 3.01. The maximum absolute atomic E-state index is 13.2. The minimum absolute atomic E-state index is 0.0297. The van der Waals surface area contributed by atoms with Gasteiger partial charge in [0, 0.05) is 31.2 Å². The molecule has 6 nitrogen and oxygen atoms in total. The zero-order valence-corrected chi connectivity index (χ0v) is 18.9. The molecule has 2 fully saturated rings. The van der Waals surface area contributed by atoms with E-state index in [1.165, 1.54) is 19.3 Å². The quantitative estimate of drug-likeness (QED) is 0.735. The van der Waals surface area contributed by atoms with E-state index in [9.17, 15) is 9.59 Å². The standard InChI is InChI=1S/C26H34N4O2/c1-19-9-5-6-12-22(19)24(23-13-7-8-16-27-23)29-25(31)20-14-17-30(18-15-20)26(32)28-21-10-3-2-4-11-21/h5-9,12-13,16,20-21,24H,2-4,10-11,14-15,17-18H2,1H3,(H,28,32)(H,29,31). The molecule has 2 heterocycles. The van der Waals surface area contributed by atoms with E-state index in [4.69, 9.17) is 0 Å². The molecule has 1 aromatic carbocycles. The molecular formula is C26H34N4O2. The molecule has 0 radical (unpaired) electrons. The first-order valence-electron chi connectivity index (χ1n) is 11.9. The third kappa shape index (κ3) is 5.47. The average molecular weight is 435 g/mol. The average Bonchev–Trinajstić information content (AvgIpc) is 2.84. The number of likely N-dealkylation sites (tertiary alicyclic amines) is 1. The summed E-state index contributed by atoms with van der Waals surface area (Å²) in [4.78, 5) is 32.2. The topological polar surface area (TPSA) is 74.3 Å². The van der Waals surface area contributed by atoms with Gasteiger partial charge in [-0.2, -0.15) is 0 Å². The number of hydrogen-bond donors (Lipinski definition) is 2. The number of benzene rings is 1. The number of nitrogens with zero attached hydrogens (tertiary/aromatic N) is 2. The van der Waals surface area contributed by atoms with E-state index < -0.39 is 0 Å². The summed E-state index contributed by atoms with van der Waals surface area (Å²) in [6.07, 6.45) is 8.97. The van der Waals surface area contributed by atoms with E-state index in [0.29, 0.717) is 32.0 Å². The molecule has 1 aliphatic heterocycles. The molecule has 1 saturated carbocycles. The number of rotatable bonds is 5. The molecule has 4 rings (SSSR count). The summed E-state index contributed by atoms with van der Waals surface area (Å²) in [6, 6.07) is 13.9. The van der Waals surface area contributed by atoms with Crippen LogP contribution in [0.1, 0.15) is 67.8 Å². The van der Waals surface area contributed by atoms with E-state index in [1.54, 1.807) is 6.20 Å². The molecule has 0 spiro atoms. The Morgan fingerprint density at radius 3 is 2.38 bits per heavy atom. The Morgan fingerprint density at radius 1 is 0.969 bits per heavy atom. The fraction of sp³-hybridized carbons (Fsp3) is 0.500. The van der Waals surface area contributed by atoms with Crippen LogP contribution in [-0.4, -0.2) is 41.0 Å². The van der Waals surface area contributed by atoms with Gasteiger partial charge in [0.1, 0.15) is 0 Å². The number of hydrogen-bond acceptors (Lipinski definition) is 3. The zero-order valence-electron chi connectivity index (χ0n) is 18.9. The van der Waals surface area contributed by atoms with Crippen molar-refractivity contribution in [2.24, 2.45) is 5.92 Å². The van der Waals surface area contributed by atoms with Crippen molar-refractivity contribution in [3.8, 4) is 0 Å². The van der Waals surface area contributed by atoms with Gasteiger partial charge in [0.2, 0.25) is 5.91 Å². The first-order chi connectivity index (χ1) is 15.6. The van der Waals surface area contributed by atoms with Crippen molar-refractivity contribution in [1.82, 2.24) is 20.5 Å². The summed E-state index contributed by atoms with van der Waals surface area (Å²) in [6.45, 7) is 3.30. The third-order valence-corrected chi connectivity index (χ3v) is 6.86. The lowest BCUT2D eigenvalue weighted by atomic mass is 9.93. The van der Waals surface area contributed by atoms with Gasteiger partial charge in [-0.05, 0) is 55.9 Å². The number of aryl methyl sites for hydroxylation is 1. The number of carbonyl (C=O) groups excluding carboxylic acids is 2. The van der Waals surface area contributed by atoms with Crippen molar-refractivity contribution in [2.75, 3.05) is 13.1 Å². The molecule has 1 unspecified atom stereocenters. The Balaban J connectivity index is 1.36. The lowest BCUT2D eigenvalue weighted by molar-refractivity contribution is -0.126. The minimum Gasteiger partial charge on any atom is -0.343 e. The van der Waals surface area contributed by atoms with Crippen LogP contribution in [0.2, 0.25) is 0 Å². The van der Waals surface area contributed by atoms with Crippen LogP contribution in [0.3, 0.4) is 0 Å². The maximum Gasteiger partial charge on any atom is 0.317 e. The number of amides is 3. The number of pyridine rings is 1. The lowest BCUT2D eigenvalue weighted by Crippen LogP contribution is -2.50. The van der Waals surface area contributed by atoms with Crippen molar-refractivity contribution in [1.29, 1.82) is 0 Å². The third-order valence-electron chi connectivity index (χ3n) is 6.86. The first-order valence-corrected chi connectivity index (χ1v) is 11.9. The molecule has 170 valence electrons. The largest absolute Gasteiger partial charge is 0.343 e. The van der Waals surface area contributed by atoms with Crippen LogP contribution in [0.25, 0.3) is 0 Å². The first kappa shape index (κ1) is 22.3. The summed E-state index contributed by atoms with van der Waals surface area (Å²) in [5.74, 6) is -0.0554. The Labute approximate surface area is 190 Å². The SMILES string of the molecule is Cc1ccccc1C(NC(=O)C1CCN(C(=O)NC2CCCCC2)CC1)c1ccccn1. The Hall–Kier alpha value is -2.89. The van der Waals surface area contributed by atoms with E-state index >= 15 is 0 Å². The van der Waals surface area contributed by atoms with Gasteiger partial charge in [0.15, 0.2) is 0 Å². The van der Waals surface area contributed by atoms with Gasteiger partial charge in [-0.15, -0.1) is 0 Å². The van der Waals surface area contributed by atoms with Gasteiger partial charge in [-0.1, -0.05) is 49.6 Å². The van der Waals surface area contributed by atoms with E-state index in [0.717, 1.165) is 29.7 Å². The predicted octanol–water partition coefficient (Wildman–Crippen LogP) is 4.35. The monoisotopic (exact) mass is 434 g/mol. The van der Waals surface area contributed by atoms with Crippen LogP contribution in [0.4, 0.5) is 4.79 Å². The van der Waals surface area contributed by atoms with Crippen LogP contribution < -0.4 is 10.6 Å². The molecule has 2 aliphatic rings. The highest BCUT2D eigenvalue weighted by Crippen LogP contribution is 2.26. The van der Waals surface area contributed by atoms with Crippen LogP contribution in [0, 0.1) is 12.8 Å². The molecule has 1 aromatic heterocycles. The van der Waals surface area contributed by atoms with Crippen molar-refractivity contribution in [3.63, 3.8) is 0 Å². The van der Waals surface area contributed by atoms with Crippen molar-refractivity contribution in [2.45, 2.75) is 64.0 Å². The molecule has 6 heteroatoms. The number of urea groups is 1. The van der Waals surface area contributed by atoms with Crippen LogP contribution in [-0.2, 0) is 4.79 Å². The lowest BCUT2D eigenvalue weighted by Gasteiger charge is -2.34. The second kappa shape index (κ2) is 10.6. The van der Waals surface area contributed by atoms with Gasteiger partial charge in [0.05, 0.1) is 11.7 Å². The van der Waals surface area contributed by atoms with Gasteiger partial charge in [0.25, 0.3) is 0 Å². The molecule has 1 saturated heterocycles. The molecule has 0 bridgehead atoms. The summed E-state index contributed by atoms with van der Waals surface area (Å²) in [7, 11) is 0. The predicted molar refractivity (Wildman–Crippen MR) is 125 cm³/mol. The molecule has 2 aromatic rings. The fourth-order valence-electron chi connectivity index (χ4n) is 4.89. The zero-order chi connectivity index (χ0) is 22.3. The number of carbonyl (C=O) groups is 2. The highest BCUT2D eigenvalue weighted by Gasteiger charge is 2.30.